The van der Waals surface area contributed by atoms with Gasteiger partial charge in [0.25, 0.3) is 0 Å². The van der Waals surface area contributed by atoms with E-state index < -0.39 is 11.6 Å². The molecule has 1 fully saturated rings. The molecule has 0 aromatic carbocycles. The highest BCUT2D eigenvalue weighted by atomic mass is 19.1. The predicted octanol–water partition coefficient (Wildman–Crippen LogP) is 1.01. The lowest BCUT2D eigenvalue weighted by Crippen LogP contribution is -2.49. The third-order valence-electron chi connectivity index (χ3n) is 1.91. The van der Waals surface area contributed by atoms with Gasteiger partial charge < -0.3 is 0 Å². The summed E-state index contributed by atoms with van der Waals surface area (Å²) < 4.78 is 13.2. The van der Waals surface area contributed by atoms with Crippen LogP contribution in [0.3, 0.4) is 0 Å². The first kappa shape index (κ1) is 7.66. The van der Waals surface area contributed by atoms with Crippen molar-refractivity contribution >= 4 is 5.78 Å². The van der Waals surface area contributed by atoms with Crippen LogP contribution < -0.4 is 5.32 Å². The van der Waals surface area contributed by atoms with Gasteiger partial charge in [-0.1, -0.05) is 0 Å². The Morgan fingerprint density at radius 3 is 2.60 bits per heavy atom. The minimum Gasteiger partial charge on any atom is -0.295 e. The molecule has 0 radical (unpaired) electrons. The van der Waals surface area contributed by atoms with Gasteiger partial charge in [-0.2, -0.15) is 0 Å². The number of hydrogen-bond donors (Lipinski definition) is 1. The molecular formula is C7H12FNO. The average Bonchev–Trinajstić information content (AvgIpc) is 1.89. The van der Waals surface area contributed by atoms with Crippen LogP contribution in [0.5, 0.6) is 0 Å². The summed E-state index contributed by atoms with van der Waals surface area (Å²) >= 11 is 0. The fourth-order valence-corrected chi connectivity index (χ4v) is 1.17. The van der Waals surface area contributed by atoms with E-state index in [2.05, 4.69) is 5.32 Å². The van der Waals surface area contributed by atoms with Crippen LogP contribution in [0.1, 0.15) is 26.2 Å². The number of hydrogen-bond acceptors (Lipinski definition) is 2. The molecule has 1 N–H and O–H groups in total. The van der Waals surface area contributed by atoms with Crippen molar-refractivity contribution in [3.05, 3.63) is 0 Å². The molecule has 3 heteroatoms. The van der Waals surface area contributed by atoms with Crippen LogP contribution in [0.25, 0.3) is 0 Å². The van der Waals surface area contributed by atoms with E-state index in [1.54, 1.807) is 0 Å². The molecule has 58 valence electrons. The summed E-state index contributed by atoms with van der Waals surface area (Å²) in [7, 11) is 0. The largest absolute Gasteiger partial charge is 0.295 e. The average molecular weight is 145 g/mol. The zero-order valence-electron chi connectivity index (χ0n) is 6.11. The molecule has 1 unspecified atom stereocenters. The molecule has 1 aliphatic rings. The molecule has 0 aromatic heterocycles. The first-order valence-corrected chi connectivity index (χ1v) is 3.60. The van der Waals surface area contributed by atoms with Crippen molar-refractivity contribution < 1.29 is 9.18 Å². The molecule has 1 rings (SSSR count). The van der Waals surface area contributed by atoms with Crippen molar-refractivity contribution in [1.82, 2.24) is 5.32 Å². The third kappa shape index (κ3) is 1.34. The Hall–Kier alpha value is -0.440. The number of carbonyl (C=O) groups excluding carboxylic acids is 1. The molecule has 0 saturated carbocycles. The molecule has 1 saturated heterocycles. The Morgan fingerprint density at radius 2 is 2.30 bits per heavy atom. The van der Waals surface area contributed by atoms with Crippen molar-refractivity contribution in [2.75, 3.05) is 6.54 Å². The molecule has 0 spiro atoms. The van der Waals surface area contributed by atoms with Gasteiger partial charge in [0.1, 0.15) is 0 Å². The molecule has 0 aliphatic carbocycles. The van der Waals surface area contributed by atoms with Gasteiger partial charge in [-0.05, 0) is 26.3 Å². The highest BCUT2D eigenvalue weighted by molar-refractivity contribution is 5.84. The highest BCUT2D eigenvalue weighted by Crippen LogP contribution is 2.21. The van der Waals surface area contributed by atoms with Crippen molar-refractivity contribution in [2.24, 2.45) is 0 Å². The smallest absolute Gasteiger partial charge is 0.219 e. The van der Waals surface area contributed by atoms with E-state index in [9.17, 15) is 9.18 Å². The second-order valence-corrected chi connectivity index (χ2v) is 2.74. The van der Waals surface area contributed by atoms with Gasteiger partial charge >= 0.3 is 0 Å². The van der Waals surface area contributed by atoms with Crippen LogP contribution in [-0.4, -0.2) is 18.1 Å². The summed E-state index contributed by atoms with van der Waals surface area (Å²) in [4.78, 5) is 10.7. The zero-order valence-corrected chi connectivity index (χ0v) is 6.11. The lowest BCUT2D eigenvalue weighted by atomic mass is 9.99. The van der Waals surface area contributed by atoms with E-state index >= 15 is 0 Å². The molecule has 0 aromatic rings. The Bertz CT molecular complexity index is 141. The van der Waals surface area contributed by atoms with Gasteiger partial charge in [-0.3, -0.25) is 10.1 Å². The fraction of sp³-hybridized carbons (Fsp3) is 0.857. The number of piperidine rings is 1. The number of Topliss-reactive ketones (excluding diaryl/α,β-unsaturated/α-hetero) is 1. The summed E-state index contributed by atoms with van der Waals surface area (Å²) in [6.45, 7) is 1.91. The van der Waals surface area contributed by atoms with Gasteiger partial charge in [0.05, 0.1) is 0 Å². The minimum atomic E-state index is -1.71. The van der Waals surface area contributed by atoms with Crippen LogP contribution in [0.2, 0.25) is 0 Å². The zero-order chi connectivity index (χ0) is 7.61. The lowest BCUT2D eigenvalue weighted by molar-refractivity contribution is -0.132. The predicted molar refractivity (Wildman–Crippen MR) is 36.4 cm³/mol. The van der Waals surface area contributed by atoms with E-state index in [1.807, 2.05) is 0 Å². The molecule has 1 atom stereocenters. The van der Waals surface area contributed by atoms with Gasteiger partial charge in [-0.15, -0.1) is 0 Å². The molecule has 0 amide bonds. The van der Waals surface area contributed by atoms with E-state index in [0.717, 1.165) is 12.8 Å². The third-order valence-corrected chi connectivity index (χ3v) is 1.91. The number of halogens is 1. The van der Waals surface area contributed by atoms with E-state index in [1.165, 1.54) is 6.92 Å². The second kappa shape index (κ2) is 2.66. The molecular weight excluding hydrogens is 133 g/mol. The number of rotatable bonds is 1. The number of carbonyl (C=O) groups is 1. The summed E-state index contributed by atoms with van der Waals surface area (Å²) in [5, 5.41) is 2.58. The number of alkyl halides is 1. The Kier molecular flexibility index (Phi) is 2.04. The normalized spacial score (nSPS) is 33.8. The Balaban J connectivity index is 2.56. The molecule has 10 heavy (non-hydrogen) atoms. The van der Waals surface area contributed by atoms with Crippen LogP contribution in [0, 0.1) is 0 Å². The van der Waals surface area contributed by atoms with Gasteiger partial charge in [0.15, 0.2) is 5.78 Å². The number of nitrogens with one attached hydrogen (secondary N) is 1. The van der Waals surface area contributed by atoms with Gasteiger partial charge in [0.2, 0.25) is 5.79 Å². The second-order valence-electron chi connectivity index (χ2n) is 2.74. The van der Waals surface area contributed by atoms with Crippen LogP contribution in [0.4, 0.5) is 4.39 Å². The summed E-state index contributed by atoms with van der Waals surface area (Å²) in [6, 6.07) is 0. The number of ketones is 1. The van der Waals surface area contributed by atoms with E-state index in [-0.39, 0.29) is 0 Å². The molecule has 1 heterocycles. The Labute approximate surface area is 59.8 Å². The van der Waals surface area contributed by atoms with Crippen molar-refractivity contribution in [3.63, 3.8) is 0 Å². The quantitative estimate of drug-likeness (QED) is 0.558. The maximum absolute atomic E-state index is 13.2. The standard InChI is InChI=1S/C7H12FNO/c1-6(10)7(8)4-2-3-5-9-7/h9H,2-5H2,1H3. The van der Waals surface area contributed by atoms with Crippen LogP contribution in [-0.2, 0) is 4.79 Å². The maximum Gasteiger partial charge on any atom is 0.219 e. The first-order valence-electron chi connectivity index (χ1n) is 3.60. The van der Waals surface area contributed by atoms with E-state index in [4.69, 9.17) is 0 Å². The molecule has 2 nitrogen and oxygen atoms in total. The van der Waals surface area contributed by atoms with Crippen LogP contribution in [0.15, 0.2) is 0 Å². The van der Waals surface area contributed by atoms with Gasteiger partial charge in [0, 0.05) is 6.42 Å². The van der Waals surface area contributed by atoms with Crippen molar-refractivity contribution in [2.45, 2.75) is 32.0 Å². The molecule has 1 aliphatic heterocycles. The summed E-state index contributed by atoms with van der Waals surface area (Å²) in [5.41, 5.74) is 0. The summed E-state index contributed by atoms with van der Waals surface area (Å²) in [5.74, 6) is -2.11. The lowest BCUT2D eigenvalue weighted by Gasteiger charge is -2.27. The molecule has 0 bridgehead atoms. The van der Waals surface area contributed by atoms with Crippen molar-refractivity contribution in [3.8, 4) is 0 Å². The minimum absolute atomic E-state index is 0.336. The Morgan fingerprint density at radius 1 is 1.60 bits per heavy atom. The fourth-order valence-electron chi connectivity index (χ4n) is 1.17. The highest BCUT2D eigenvalue weighted by Gasteiger charge is 2.35. The van der Waals surface area contributed by atoms with Gasteiger partial charge in [-0.25, -0.2) is 4.39 Å². The topological polar surface area (TPSA) is 29.1 Å². The van der Waals surface area contributed by atoms with E-state index in [0.29, 0.717) is 13.0 Å². The maximum atomic E-state index is 13.2. The first-order chi connectivity index (χ1) is 4.65. The summed E-state index contributed by atoms with van der Waals surface area (Å²) in [6.07, 6.45) is 2.12. The SMILES string of the molecule is CC(=O)C1(F)CCCCN1. The van der Waals surface area contributed by atoms with Crippen LogP contribution >= 0.6 is 0 Å². The monoisotopic (exact) mass is 145 g/mol. The van der Waals surface area contributed by atoms with Crippen molar-refractivity contribution in [1.29, 1.82) is 0 Å².